The maximum Gasteiger partial charge on any atom is 0.416 e. The summed E-state index contributed by atoms with van der Waals surface area (Å²) < 4.78 is 90.0. The first-order valence-corrected chi connectivity index (χ1v) is 24.5. The molecule has 2 aromatic heterocycles. The van der Waals surface area contributed by atoms with Crippen LogP contribution >= 0.6 is 0 Å². The van der Waals surface area contributed by atoms with Crippen molar-refractivity contribution in [3.05, 3.63) is 226 Å². The number of fused-ring (bicyclic) bond motifs is 5. The third-order valence-corrected chi connectivity index (χ3v) is 14.7. The Labute approximate surface area is 421 Å². The Morgan fingerprint density at radius 1 is 0.562 bits per heavy atom. The highest BCUT2D eigenvalue weighted by molar-refractivity contribution is 6.13. The van der Waals surface area contributed by atoms with Gasteiger partial charge in [-0.05, 0) is 132 Å². The number of hydrogen-bond donors (Lipinski definition) is 0. The number of rotatable bonds is 7. The van der Waals surface area contributed by atoms with Gasteiger partial charge in [-0.25, -0.2) is 4.98 Å². The van der Waals surface area contributed by atoms with Crippen molar-refractivity contribution >= 4 is 50.4 Å². The molecule has 0 saturated carbocycles. The van der Waals surface area contributed by atoms with Gasteiger partial charge in [0.25, 0.3) is 0 Å². The Hall–Kier alpha value is -7.66. The van der Waals surface area contributed by atoms with E-state index in [1.165, 1.54) is 4.90 Å². The second-order valence-corrected chi connectivity index (χ2v) is 21.1. The van der Waals surface area contributed by atoms with Gasteiger partial charge in [-0.3, -0.25) is 9.56 Å². The van der Waals surface area contributed by atoms with Crippen LogP contribution in [0.5, 0.6) is 0 Å². The van der Waals surface area contributed by atoms with E-state index < -0.39 is 34.9 Å². The molecule has 4 heterocycles. The van der Waals surface area contributed by atoms with Gasteiger partial charge >= 0.3 is 12.4 Å². The fourth-order valence-electron chi connectivity index (χ4n) is 11.1. The monoisotopic (exact) mass is 981 g/mol. The van der Waals surface area contributed by atoms with E-state index in [2.05, 4.69) is 112 Å². The van der Waals surface area contributed by atoms with Crippen molar-refractivity contribution in [2.75, 3.05) is 16.3 Å². The van der Waals surface area contributed by atoms with Crippen molar-refractivity contribution < 1.29 is 26.3 Å². The maximum absolute atomic E-state index is 14.6. The predicted molar refractivity (Wildman–Crippen MR) is 282 cm³/mol. The Kier molecular flexibility index (Phi) is 11.3. The van der Waals surface area contributed by atoms with Gasteiger partial charge < -0.3 is 9.80 Å². The zero-order valence-electron chi connectivity index (χ0n) is 41.5. The number of anilines is 4. The molecular formula is C62H53F6N5. The zero-order valence-corrected chi connectivity index (χ0v) is 41.5. The Morgan fingerprint density at radius 3 is 1.84 bits per heavy atom. The van der Waals surface area contributed by atoms with Crippen molar-refractivity contribution in [2.45, 2.75) is 83.6 Å². The van der Waals surface area contributed by atoms with Crippen LogP contribution in [-0.4, -0.2) is 28.0 Å². The number of aryl methyl sites for hydroxylation is 2. The first kappa shape index (κ1) is 47.7. The summed E-state index contributed by atoms with van der Waals surface area (Å²) in [5, 5.41) is 2.17. The number of amidine groups is 1. The number of halogens is 6. The number of nitrogens with zero attached hydrogens (tertiary/aromatic N) is 5. The number of alkyl halides is 6. The molecule has 11 heteroatoms. The van der Waals surface area contributed by atoms with Gasteiger partial charge in [0, 0.05) is 51.8 Å². The molecule has 0 spiro atoms. The summed E-state index contributed by atoms with van der Waals surface area (Å²) in [5.41, 5.74) is 8.56. The SMILES string of the molecule is Cc1cc(C2=N[C@H](C(c3ccccc3)c3ccccc3)CN2c2cc(C(F)(F)F)cc(C(F)(F)F)c2)cc(N2c3ccccc3C(C)(C)c3cc4c5cc(C)ccc5n(-c5cc(C(C)(C)C)ccn5)c4cc32)c1. The topological polar surface area (TPSA) is 36.7 Å². The third kappa shape index (κ3) is 8.42. The maximum atomic E-state index is 14.6. The van der Waals surface area contributed by atoms with E-state index in [9.17, 15) is 26.3 Å². The molecular weight excluding hydrogens is 929 g/mol. The molecule has 0 N–H and O–H groups in total. The van der Waals surface area contributed by atoms with E-state index in [-0.39, 0.29) is 35.5 Å². The lowest BCUT2D eigenvalue weighted by molar-refractivity contribution is -0.143. The van der Waals surface area contributed by atoms with E-state index in [1.807, 2.05) is 98.0 Å². The quantitative estimate of drug-likeness (QED) is 0.149. The average molecular weight is 982 g/mol. The second-order valence-electron chi connectivity index (χ2n) is 21.1. The van der Waals surface area contributed by atoms with E-state index in [0.29, 0.717) is 5.56 Å². The summed E-state index contributed by atoms with van der Waals surface area (Å²) in [7, 11) is 0. The van der Waals surface area contributed by atoms with Gasteiger partial charge in [-0.2, -0.15) is 26.3 Å². The fourth-order valence-corrected chi connectivity index (χ4v) is 11.1. The van der Waals surface area contributed by atoms with Crippen LogP contribution in [0.25, 0.3) is 27.6 Å². The van der Waals surface area contributed by atoms with Crippen LogP contribution in [0.4, 0.5) is 49.1 Å². The summed E-state index contributed by atoms with van der Waals surface area (Å²) >= 11 is 0. The Bertz CT molecular complexity index is 3570. The van der Waals surface area contributed by atoms with E-state index in [1.54, 1.807) is 0 Å². The normalized spacial score (nSPS) is 15.8. The molecule has 0 saturated heterocycles. The van der Waals surface area contributed by atoms with Crippen LogP contribution in [0.2, 0.25) is 0 Å². The minimum Gasteiger partial charge on any atom is -0.324 e. The zero-order chi connectivity index (χ0) is 51.4. The van der Waals surface area contributed by atoms with Gasteiger partial charge in [0.2, 0.25) is 0 Å². The van der Waals surface area contributed by atoms with Gasteiger partial charge in [0.15, 0.2) is 0 Å². The molecule has 2 aliphatic rings. The smallest absolute Gasteiger partial charge is 0.324 e. The molecule has 11 rings (SSSR count). The summed E-state index contributed by atoms with van der Waals surface area (Å²) in [6, 6.07) is 50.1. The number of pyridine rings is 1. The minimum absolute atomic E-state index is 0.00168. The van der Waals surface area contributed by atoms with Crippen molar-refractivity contribution in [1.82, 2.24) is 9.55 Å². The van der Waals surface area contributed by atoms with Gasteiger partial charge in [-0.1, -0.05) is 125 Å². The molecule has 0 amide bonds. The van der Waals surface area contributed by atoms with Crippen molar-refractivity contribution in [3.63, 3.8) is 0 Å². The average Bonchev–Trinajstić information content (AvgIpc) is 3.93. The molecule has 2 aliphatic heterocycles. The highest BCUT2D eigenvalue weighted by atomic mass is 19.4. The van der Waals surface area contributed by atoms with Gasteiger partial charge in [-0.15, -0.1) is 0 Å². The molecule has 368 valence electrons. The Balaban J connectivity index is 1.15. The number of benzene rings is 7. The van der Waals surface area contributed by atoms with E-state index in [0.717, 1.165) is 95.8 Å². The Morgan fingerprint density at radius 2 is 1.19 bits per heavy atom. The van der Waals surface area contributed by atoms with Crippen molar-refractivity contribution in [1.29, 1.82) is 0 Å². The number of aliphatic imine (C=N–C) groups is 1. The highest BCUT2D eigenvalue weighted by Gasteiger charge is 2.42. The molecule has 73 heavy (non-hydrogen) atoms. The van der Waals surface area contributed by atoms with Crippen LogP contribution in [-0.2, 0) is 23.2 Å². The summed E-state index contributed by atoms with van der Waals surface area (Å²) in [5.74, 6) is 0.664. The molecule has 0 unspecified atom stereocenters. The van der Waals surface area contributed by atoms with Gasteiger partial charge in [0.1, 0.15) is 11.7 Å². The molecule has 0 fully saturated rings. The largest absolute Gasteiger partial charge is 0.416 e. The summed E-state index contributed by atoms with van der Waals surface area (Å²) in [6.45, 7) is 15.1. The lowest BCUT2D eigenvalue weighted by atomic mass is 9.73. The summed E-state index contributed by atoms with van der Waals surface area (Å²) in [6.07, 6.45) is -8.24. The van der Waals surface area contributed by atoms with E-state index in [4.69, 9.17) is 9.98 Å². The molecule has 0 radical (unpaired) electrons. The van der Waals surface area contributed by atoms with Crippen LogP contribution in [0.1, 0.15) is 96.2 Å². The number of para-hydroxylation sites is 1. The molecule has 1 atom stereocenters. The summed E-state index contributed by atoms with van der Waals surface area (Å²) in [4.78, 5) is 14.1. The van der Waals surface area contributed by atoms with Crippen LogP contribution in [0.3, 0.4) is 0 Å². The first-order valence-electron chi connectivity index (χ1n) is 24.5. The second kappa shape index (κ2) is 17.2. The predicted octanol–water partition coefficient (Wildman–Crippen LogP) is 16.7. The molecule has 9 aromatic rings. The number of aromatic nitrogens is 2. The lowest BCUT2D eigenvalue weighted by Gasteiger charge is -2.42. The third-order valence-electron chi connectivity index (χ3n) is 14.7. The number of hydrogen-bond acceptors (Lipinski definition) is 4. The van der Waals surface area contributed by atoms with Gasteiger partial charge in [0.05, 0.1) is 39.6 Å². The molecule has 7 aromatic carbocycles. The van der Waals surface area contributed by atoms with Crippen molar-refractivity contribution in [2.24, 2.45) is 4.99 Å². The fraction of sp³-hybridized carbons (Fsp3) is 0.226. The first-order chi connectivity index (χ1) is 34.6. The van der Waals surface area contributed by atoms with Crippen LogP contribution in [0.15, 0.2) is 175 Å². The molecule has 0 aliphatic carbocycles. The molecule has 0 bridgehead atoms. The van der Waals surface area contributed by atoms with Crippen LogP contribution in [0, 0.1) is 13.8 Å². The van der Waals surface area contributed by atoms with Crippen LogP contribution < -0.4 is 9.80 Å². The standard InChI is InChI=1S/C62H53F6N5/c1-37-22-23-52-47(28-37)48-34-50-55(35-54(48)73(52)56-33-42(24-25-69-56)59(3,4)5)72(53-21-15-14-20-49(53)60(50,6)7)46-27-38(2)26-41(29-46)58-70-51(57(39-16-10-8-11-17-39)40-18-12-9-13-19-40)36-71(58)45-31-43(61(63,64)65)30-44(32-45)62(66,67)68/h8-35,51,57H,36H2,1-7H3/t51-/m0/s1. The molecule has 5 nitrogen and oxygen atoms in total. The minimum atomic E-state index is -5.05. The lowest BCUT2D eigenvalue weighted by Crippen LogP contribution is -2.33. The van der Waals surface area contributed by atoms with Crippen molar-refractivity contribution in [3.8, 4) is 5.82 Å². The van der Waals surface area contributed by atoms with E-state index >= 15 is 0 Å². The highest BCUT2D eigenvalue weighted by Crippen LogP contribution is 2.54.